The number of nitrogens with two attached hydrogens (primary N) is 1. The molecular formula is C23H32ClN7S. The molecule has 0 bridgehead atoms. The fourth-order valence-corrected chi connectivity index (χ4v) is 6.24. The van der Waals surface area contributed by atoms with Gasteiger partial charge < -0.3 is 20.1 Å². The van der Waals surface area contributed by atoms with Crippen molar-refractivity contribution < 1.29 is 0 Å². The van der Waals surface area contributed by atoms with E-state index in [-0.39, 0.29) is 0 Å². The van der Waals surface area contributed by atoms with Crippen LogP contribution in [0.4, 0.5) is 0 Å². The van der Waals surface area contributed by atoms with Crippen LogP contribution in [-0.4, -0.2) is 83.1 Å². The number of benzene rings is 1. The Morgan fingerprint density at radius 2 is 1.84 bits per heavy atom. The second kappa shape index (κ2) is 9.71. The smallest absolute Gasteiger partial charge is 0.214 e. The van der Waals surface area contributed by atoms with Crippen LogP contribution < -0.4 is 5.73 Å². The number of thioether (sulfide) groups is 1. The zero-order chi connectivity index (χ0) is 22.1. The molecule has 1 unspecified atom stereocenters. The molecule has 0 aliphatic carbocycles. The largest absolute Gasteiger partial charge is 0.368 e. The van der Waals surface area contributed by atoms with Crippen LogP contribution in [0, 0.1) is 5.92 Å². The van der Waals surface area contributed by atoms with E-state index >= 15 is 0 Å². The maximum absolute atomic E-state index is 6.20. The van der Waals surface area contributed by atoms with Crippen molar-refractivity contribution >= 4 is 46.6 Å². The van der Waals surface area contributed by atoms with Gasteiger partial charge in [-0.1, -0.05) is 23.4 Å². The van der Waals surface area contributed by atoms with E-state index in [1.54, 1.807) is 11.8 Å². The number of imidazole rings is 1. The molecule has 32 heavy (non-hydrogen) atoms. The third-order valence-corrected chi connectivity index (χ3v) is 8.03. The Morgan fingerprint density at radius 3 is 2.53 bits per heavy atom. The number of rotatable bonds is 5. The second-order valence-electron chi connectivity index (χ2n) is 9.14. The van der Waals surface area contributed by atoms with Crippen LogP contribution in [0.15, 0.2) is 33.3 Å². The Balaban J connectivity index is 1.15. The molecule has 3 aliphatic rings. The van der Waals surface area contributed by atoms with Crippen molar-refractivity contribution in [3.63, 3.8) is 0 Å². The van der Waals surface area contributed by atoms with Gasteiger partial charge in [0.05, 0.1) is 17.6 Å². The summed E-state index contributed by atoms with van der Waals surface area (Å²) < 4.78 is 2.46. The van der Waals surface area contributed by atoms with Crippen LogP contribution in [0.3, 0.4) is 0 Å². The van der Waals surface area contributed by atoms with Crippen LogP contribution in [0.1, 0.15) is 31.7 Å². The minimum absolute atomic E-state index is 0.403. The molecule has 0 saturated carbocycles. The van der Waals surface area contributed by atoms with Gasteiger partial charge in [-0.3, -0.25) is 4.99 Å². The number of nitrogens with zero attached hydrogens (tertiary/aromatic N) is 6. The van der Waals surface area contributed by atoms with Crippen LogP contribution >= 0.6 is 23.4 Å². The van der Waals surface area contributed by atoms with Crippen molar-refractivity contribution in [1.29, 1.82) is 0 Å². The van der Waals surface area contributed by atoms with Gasteiger partial charge in [-0.05, 0) is 63.2 Å². The van der Waals surface area contributed by atoms with Gasteiger partial charge >= 0.3 is 0 Å². The first-order valence-electron chi connectivity index (χ1n) is 11.6. The van der Waals surface area contributed by atoms with E-state index in [1.807, 2.05) is 18.3 Å². The first-order chi connectivity index (χ1) is 15.6. The number of aliphatic imine (C=N–C) groups is 2. The van der Waals surface area contributed by atoms with Crippen molar-refractivity contribution in [1.82, 2.24) is 19.4 Å². The summed E-state index contributed by atoms with van der Waals surface area (Å²) >= 11 is 7.93. The SMILES string of the molecule is CSc1nc2cc(Cl)ccc2n1C1CCN(C2CCN(CC3C=NC(N)=NC3)CC2)CC1. The first kappa shape index (κ1) is 22.2. The van der Waals surface area contributed by atoms with Crippen molar-refractivity contribution in [3.05, 3.63) is 23.2 Å². The van der Waals surface area contributed by atoms with E-state index in [4.69, 9.17) is 22.3 Å². The van der Waals surface area contributed by atoms with Crippen molar-refractivity contribution in [2.24, 2.45) is 21.6 Å². The van der Waals surface area contributed by atoms with Gasteiger partial charge in [0.25, 0.3) is 0 Å². The summed E-state index contributed by atoms with van der Waals surface area (Å²) in [5.74, 6) is 0.820. The molecule has 0 radical (unpaired) electrons. The molecular weight excluding hydrogens is 442 g/mol. The molecule has 5 rings (SSSR count). The molecule has 9 heteroatoms. The molecule has 2 saturated heterocycles. The van der Waals surface area contributed by atoms with E-state index in [0.29, 0.717) is 24.0 Å². The van der Waals surface area contributed by atoms with Crippen molar-refractivity contribution in [2.45, 2.75) is 42.9 Å². The number of halogens is 1. The zero-order valence-corrected chi connectivity index (χ0v) is 20.2. The third-order valence-electron chi connectivity index (χ3n) is 7.14. The summed E-state index contributed by atoms with van der Waals surface area (Å²) in [6.07, 6.45) is 8.96. The fourth-order valence-electron chi connectivity index (χ4n) is 5.44. The summed E-state index contributed by atoms with van der Waals surface area (Å²) in [7, 11) is 0. The zero-order valence-electron chi connectivity index (χ0n) is 18.7. The highest BCUT2D eigenvalue weighted by atomic mass is 35.5. The maximum Gasteiger partial charge on any atom is 0.214 e. The minimum Gasteiger partial charge on any atom is -0.368 e. The normalized spacial score (nSPS) is 24.3. The summed E-state index contributed by atoms with van der Waals surface area (Å²) in [6, 6.07) is 7.31. The lowest BCUT2D eigenvalue weighted by Crippen LogP contribution is -2.49. The quantitative estimate of drug-likeness (QED) is 0.672. The summed E-state index contributed by atoms with van der Waals surface area (Å²) in [6.45, 7) is 6.48. The van der Waals surface area contributed by atoms with Crippen molar-refractivity contribution in [3.8, 4) is 0 Å². The van der Waals surface area contributed by atoms with Gasteiger partial charge in [-0.2, -0.15) is 0 Å². The Bertz CT molecular complexity index is 1000. The van der Waals surface area contributed by atoms with Crippen molar-refractivity contribution in [2.75, 3.05) is 45.5 Å². The Hall–Kier alpha value is -1.61. The molecule has 0 amide bonds. The van der Waals surface area contributed by atoms with Gasteiger partial charge in [-0.15, -0.1) is 0 Å². The van der Waals surface area contributed by atoms with Gasteiger partial charge in [0.15, 0.2) is 5.16 Å². The number of piperidine rings is 2. The van der Waals surface area contributed by atoms with Gasteiger partial charge in [0.2, 0.25) is 5.96 Å². The number of likely N-dealkylation sites (tertiary alicyclic amines) is 2. The average Bonchev–Trinajstić information content (AvgIpc) is 3.19. The highest BCUT2D eigenvalue weighted by molar-refractivity contribution is 7.98. The summed E-state index contributed by atoms with van der Waals surface area (Å²) in [5, 5.41) is 1.86. The molecule has 1 aromatic heterocycles. The van der Waals surface area contributed by atoms with Gasteiger partial charge in [0, 0.05) is 48.9 Å². The Labute approximate surface area is 199 Å². The molecule has 3 aliphatic heterocycles. The van der Waals surface area contributed by atoms with Gasteiger partial charge in [0.1, 0.15) is 0 Å². The third kappa shape index (κ3) is 4.69. The maximum atomic E-state index is 6.20. The molecule has 1 atom stereocenters. The van der Waals surface area contributed by atoms with E-state index < -0.39 is 0 Å². The number of aromatic nitrogens is 2. The average molecular weight is 474 g/mol. The lowest BCUT2D eigenvalue weighted by Gasteiger charge is -2.42. The predicted molar refractivity (Wildman–Crippen MR) is 134 cm³/mol. The first-order valence-corrected chi connectivity index (χ1v) is 13.2. The topological polar surface area (TPSA) is 75.0 Å². The lowest BCUT2D eigenvalue weighted by molar-refractivity contribution is 0.0765. The number of guanidine groups is 1. The molecule has 1 aromatic carbocycles. The molecule has 0 spiro atoms. The van der Waals surface area contributed by atoms with Gasteiger partial charge in [-0.25, -0.2) is 9.98 Å². The number of hydrogen-bond donors (Lipinski definition) is 1. The lowest BCUT2D eigenvalue weighted by atomic mass is 9.97. The fraction of sp³-hybridized carbons (Fsp3) is 0.609. The van der Waals surface area contributed by atoms with Crippen LogP contribution in [0.2, 0.25) is 5.02 Å². The molecule has 4 heterocycles. The van der Waals surface area contributed by atoms with E-state index in [0.717, 1.165) is 41.9 Å². The predicted octanol–water partition coefficient (Wildman–Crippen LogP) is 3.53. The molecule has 2 N–H and O–H groups in total. The molecule has 172 valence electrons. The van der Waals surface area contributed by atoms with Crippen LogP contribution in [0.5, 0.6) is 0 Å². The monoisotopic (exact) mass is 473 g/mol. The molecule has 7 nitrogen and oxygen atoms in total. The number of fused-ring (bicyclic) bond motifs is 1. The Morgan fingerprint density at radius 1 is 1.09 bits per heavy atom. The van der Waals surface area contributed by atoms with Crippen LogP contribution in [-0.2, 0) is 0 Å². The standard InChI is InChI=1S/C23H32ClN7S/c1-32-23-28-20-12-17(24)2-3-21(20)31(23)19-6-10-30(11-7-19)18-4-8-29(9-5-18)15-16-13-26-22(25)27-14-16/h2-3,12-13,16,18-19H,4-11,14-15H2,1H3,(H2,25,27). The van der Waals surface area contributed by atoms with E-state index in [1.165, 1.54) is 44.3 Å². The van der Waals surface area contributed by atoms with Crippen LogP contribution in [0.25, 0.3) is 11.0 Å². The summed E-state index contributed by atoms with van der Waals surface area (Å²) in [4.78, 5) is 18.6. The van der Waals surface area contributed by atoms with E-state index in [9.17, 15) is 0 Å². The highest BCUT2D eigenvalue weighted by Gasteiger charge is 2.30. The number of hydrogen-bond acceptors (Lipinski definition) is 7. The molecule has 2 aromatic rings. The van der Waals surface area contributed by atoms with E-state index in [2.05, 4.69) is 36.7 Å². The second-order valence-corrected chi connectivity index (χ2v) is 10.3. The Kier molecular flexibility index (Phi) is 6.74. The summed E-state index contributed by atoms with van der Waals surface area (Å²) in [5.41, 5.74) is 7.86. The minimum atomic E-state index is 0.403. The highest BCUT2D eigenvalue weighted by Crippen LogP contribution is 2.34. The molecule has 2 fully saturated rings.